The lowest BCUT2D eigenvalue weighted by Gasteiger charge is -2.26. The molecule has 1 aliphatic carbocycles. The van der Waals surface area contributed by atoms with Gasteiger partial charge in [0, 0.05) is 39.1 Å². The van der Waals surface area contributed by atoms with Crippen molar-refractivity contribution in [1.82, 2.24) is 15.5 Å². The van der Waals surface area contributed by atoms with E-state index in [-0.39, 0.29) is 11.4 Å². The van der Waals surface area contributed by atoms with Gasteiger partial charge in [-0.25, -0.2) is 4.79 Å². The van der Waals surface area contributed by atoms with Crippen molar-refractivity contribution < 1.29 is 19.4 Å². The van der Waals surface area contributed by atoms with Gasteiger partial charge in [0.2, 0.25) is 5.91 Å². The number of aliphatic hydroxyl groups is 1. The third-order valence-corrected chi connectivity index (χ3v) is 3.80. The van der Waals surface area contributed by atoms with Gasteiger partial charge >= 0.3 is 6.09 Å². The lowest BCUT2D eigenvalue weighted by molar-refractivity contribution is -0.128. The van der Waals surface area contributed by atoms with Gasteiger partial charge in [0.1, 0.15) is 12.2 Å². The van der Waals surface area contributed by atoms with Crippen LogP contribution in [-0.2, 0) is 9.53 Å². The van der Waals surface area contributed by atoms with Crippen LogP contribution in [0.1, 0.15) is 46.5 Å². The van der Waals surface area contributed by atoms with Crippen LogP contribution in [0.3, 0.4) is 0 Å². The lowest BCUT2D eigenvalue weighted by atomic mass is 10.1. The summed E-state index contributed by atoms with van der Waals surface area (Å²) in [6.07, 6.45) is 1.48. The molecule has 0 bridgehead atoms. The van der Waals surface area contributed by atoms with Gasteiger partial charge < -0.3 is 25.4 Å². The fourth-order valence-electron chi connectivity index (χ4n) is 2.24. The fraction of sp³-hybridized carbons (Fsp3) is 0.882. The van der Waals surface area contributed by atoms with E-state index < -0.39 is 18.3 Å². The van der Waals surface area contributed by atoms with Gasteiger partial charge in [-0.15, -0.1) is 0 Å². The Hall–Kier alpha value is -1.34. The van der Waals surface area contributed by atoms with Crippen LogP contribution in [0.15, 0.2) is 0 Å². The van der Waals surface area contributed by atoms with Crippen LogP contribution in [0.2, 0.25) is 0 Å². The topological polar surface area (TPSA) is 90.9 Å². The predicted molar refractivity (Wildman–Crippen MR) is 92.7 cm³/mol. The van der Waals surface area contributed by atoms with E-state index in [4.69, 9.17) is 4.74 Å². The molecule has 1 saturated carbocycles. The van der Waals surface area contributed by atoms with Crippen molar-refractivity contribution in [2.75, 3.05) is 27.2 Å². The molecule has 7 heteroatoms. The van der Waals surface area contributed by atoms with E-state index >= 15 is 0 Å². The highest BCUT2D eigenvalue weighted by molar-refractivity contribution is 5.75. The normalized spacial score (nSPS) is 17.1. The lowest BCUT2D eigenvalue weighted by Crippen LogP contribution is -2.46. The fourth-order valence-corrected chi connectivity index (χ4v) is 2.24. The van der Waals surface area contributed by atoms with Crippen molar-refractivity contribution in [3.05, 3.63) is 0 Å². The molecule has 0 radical (unpaired) electrons. The first kappa shape index (κ1) is 20.7. The van der Waals surface area contributed by atoms with Crippen LogP contribution in [-0.4, -0.2) is 66.9 Å². The van der Waals surface area contributed by atoms with E-state index in [1.54, 1.807) is 14.1 Å². The number of hydrogen-bond donors (Lipinski definition) is 3. The summed E-state index contributed by atoms with van der Waals surface area (Å²) in [6, 6.07) is 0. The highest BCUT2D eigenvalue weighted by atomic mass is 16.6. The number of amides is 2. The van der Waals surface area contributed by atoms with Crippen molar-refractivity contribution in [3.8, 4) is 0 Å². The maximum atomic E-state index is 12.0. The molecule has 0 aromatic heterocycles. The summed E-state index contributed by atoms with van der Waals surface area (Å²) in [5.41, 5.74) is -0.378. The molecule has 2 amide bonds. The van der Waals surface area contributed by atoms with Crippen LogP contribution >= 0.6 is 0 Å². The Bertz CT molecular complexity index is 417. The van der Waals surface area contributed by atoms with Crippen molar-refractivity contribution in [2.45, 2.75) is 64.2 Å². The molecule has 24 heavy (non-hydrogen) atoms. The highest BCUT2D eigenvalue weighted by Gasteiger charge is 2.32. The molecule has 140 valence electrons. The van der Waals surface area contributed by atoms with Gasteiger partial charge in [0.25, 0.3) is 0 Å². The van der Waals surface area contributed by atoms with Gasteiger partial charge in [0.15, 0.2) is 0 Å². The van der Waals surface area contributed by atoms with E-state index in [0.29, 0.717) is 31.8 Å². The maximum Gasteiger partial charge on any atom is 0.407 e. The zero-order valence-electron chi connectivity index (χ0n) is 15.6. The minimum atomic E-state index is -0.786. The number of carbonyl (C=O) groups excluding carboxylic acids is 2. The SMILES string of the molecule is CN(C)C(=O)CCNC[C@@H](O)[C@H](CC1CC1)OC(=O)NC(C)(C)C. The molecule has 0 saturated heterocycles. The minimum absolute atomic E-state index is 0.0346. The number of nitrogens with zero attached hydrogens (tertiary/aromatic N) is 1. The molecular formula is C17H33N3O4. The Balaban J connectivity index is 2.39. The van der Waals surface area contributed by atoms with Crippen molar-refractivity contribution in [1.29, 1.82) is 0 Å². The summed E-state index contributed by atoms with van der Waals surface area (Å²) in [5, 5.41) is 16.2. The number of carbonyl (C=O) groups is 2. The first-order chi connectivity index (χ1) is 11.1. The zero-order chi connectivity index (χ0) is 18.3. The summed E-state index contributed by atoms with van der Waals surface area (Å²) in [6.45, 7) is 6.41. The molecular weight excluding hydrogens is 310 g/mol. The van der Waals surface area contributed by atoms with Gasteiger partial charge in [0.05, 0.1) is 0 Å². The van der Waals surface area contributed by atoms with E-state index in [0.717, 1.165) is 12.8 Å². The van der Waals surface area contributed by atoms with E-state index in [2.05, 4.69) is 10.6 Å². The Morgan fingerprint density at radius 1 is 1.29 bits per heavy atom. The van der Waals surface area contributed by atoms with E-state index in [1.165, 1.54) is 4.90 Å². The Morgan fingerprint density at radius 2 is 1.92 bits per heavy atom. The molecule has 1 aliphatic rings. The van der Waals surface area contributed by atoms with Crippen LogP contribution in [0.5, 0.6) is 0 Å². The first-order valence-electron chi connectivity index (χ1n) is 8.66. The molecule has 2 atom stereocenters. The molecule has 0 aromatic carbocycles. The highest BCUT2D eigenvalue weighted by Crippen LogP contribution is 2.35. The number of rotatable bonds is 9. The summed E-state index contributed by atoms with van der Waals surface area (Å²) >= 11 is 0. The smallest absolute Gasteiger partial charge is 0.407 e. The van der Waals surface area contributed by atoms with Crippen LogP contribution in [0.25, 0.3) is 0 Å². The summed E-state index contributed by atoms with van der Waals surface area (Å²) in [7, 11) is 3.43. The summed E-state index contributed by atoms with van der Waals surface area (Å²) < 4.78 is 5.44. The molecule has 0 spiro atoms. The molecule has 7 nitrogen and oxygen atoms in total. The number of alkyl carbamates (subject to hydrolysis) is 1. The molecule has 1 fully saturated rings. The van der Waals surface area contributed by atoms with Gasteiger partial charge in [-0.2, -0.15) is 0 Å². The Morgan fingerprint density at radius 3 is 2.42 bits per heavy atom. The van der Waals surface area contributed by atoms with Gasteiger partial charge in [-0.05, 0) is 33.1 Å². The summed E-state index contributed by atoms with van der Waals surface area (Å²) in [4.78, 5) is 25.0. The van der Waals surface area contributed by atoms with Crippen LogP contribution in [0.4, 0.5) is 4.79 Å². The third kappa shape index (κ3) is 9.08. The largest absolute Gasteiger partial charge is 0.443 e. The Kier molecular flexibility index (Phi) is 7.96. The monoisotopic (exact) mass is 343 g/mol. The first-order valence-corrected chi connectivity index (χ1v) is 8.66. The van der Waals surface area contributed by atoms with Gasteiger partial charge in [-0.3, -0.25) is 4.79 Å². The second-order valence-electron chi connectivity index (χ2n) is 7.81. The molecule has 0 heterocycles. The molecule has 0 aromatic rings. The maximum absolute atomic E-state index is 12.0. The number of ether oxygens (including phenoxy) is 1. The van der Waals surface area contributed by atoms with Crippen LogP contribution < -0.4 is 10.6 Å². The van der Waals surface area contributed by atoms with Crippen molar-refractivity contribution >= 4 is 12.0 Å². The standard InChI is InChI=1S/C17H33N3O4/c1-17(2,3)19-16(23)24-14(10-12-6-7-12)13(21)11-18-9-8-15(22)20(4)5/h12-14,18,21H,6-11H2,1-5H3,(H,19,23)/t13-,14+/m1/s1. The van der Waals surface area contributed by atoms with E-state index in [9.17, 15) is 14.7 Å². The number of aliphatic hydroxyl groups excluding tert-OH is 1. The minimum Gasteiger partial charge on any atom is -0.443 e. The second kappa shape index (κ2) is 9.22. The van der Waals surface area contributed by atoms with Gasteiger partial charge in [-0.1, -0.05) is 12.8 Å². The molecule has 3 N–H and O–H groups in total. The number of nitrogens with one attached hydrogen (secondary N) is 2. The quantitative estimate of drug-likeness (QED) is 0.546. The van der Waals surface area contributed by atoms with E-state index in [1.807, 2.05) is 20.8 Å². The average Bonchev–Trinajstić information content (AvgIpc) is 3.24. The van der Waals surface area contributed by atoms with Crippen LogP contribution in [0, 0.1) is 5.92 Å². The van der Waals surface area contributed by atoms with Crippen molar-refractivity contribution in [2.24, 2.45) is 5.92 Å². The van der Waals surface area contributed by atoms with Crippen molar-refractivity contribution in [3.63, 3.8) is 0 Å². The molecule has 0 aliphatic heterocycles. The third-order valence-electron chi connectivity index (χ3n) is 3.80. The number of hydrogen-bond acceptors (Lipinski definition) is 5. The summed E-state index contributed by atoms with van der Waals surface area (Å²) in [5.74, 6) is 0.565. The molecule has 1 rings (SSSR count). The second-order valence-corrected chi connectivity index (χ2v) is 7.81. The molecule has 0 unspecified atom stereocenters. The Labute approximate surface area is 145 Å². The predicted octanol–water partition coefficient (Wildman–Crippen LogP) is 1.11. The average molecular weight is 343 g/mol. The zero-order valence-corrected chi connectivity index (χ0v) is 15.6.